The van der Waals surface area contributed by atoms with Gasteiger partial charge in [-0.3, -0.25) is 9.59 Å². The topological polar surface area (TPSA) is 93.1 Å². The number of aliphatic hydroxyl groups is 1. The second-order valence-electron chi connectivity index (χ2n) is 9.85. The van der Waals surface area contributed by atoms with Crippen molar-refractivity contribution in [2.75, 3.05) is 31.7 Å². The Morgan fingerprint density at radius 1 is 0.900 bits per heavy atom. The Morgan fingerprint density at radius 2 is 1.62 bits per heavy atom. The van der Waals surface area contributed by atoms with Gasteiger partial charge in [0, 0.05) is 30.9 Å². The largest absolute Gasteiger partial charge is 0.491 e. The van der Waals surface area contributed by atoms with Gasteiger partial charge in [0.1, 0.15) is 18.1 Å². The van der Waals surface area contributed by atoms with Crippen LogP contribution in [0.3, 0.4) is 0 Å². The van der Waals surface area contributed by atoms with Crippen LogP contribution in [0.5, 0.6) is 11.5 Å². The number of anilines is 1. The van der Waals surface area contributed by atoms with Crippen LogP contribution in [0.25, 0.3) is 0 Å². The molecule has 7 heteroatoms. The first-order valence-corrected chi connectivity index (χ1v) is 13.9. The Morgan fingerprint density at radius 3 is 2.27 bits per heavy atom. The number of rotatable bonds is 16. The highest BCUT2D eigenvalue weighted by Gasteiger charge is 2.21. The van der Waals surface area contributed by atoms with E-state index in [0.29, 0.717) is 22.8 Å². The van der Waals surface area contributed by atoms with Crippen LogP contribution in [-0.4, -0.2) is 49.4 Å². The number of aliphatic hydroxyl groups excluding tert-OH is 1. The van der Waals surface area contributed by atoms with Crippen molar-refractivity contribution in [1.29, 1.82) is 0 Å². The second-order valence-corrected chi connectivity index (χ2v) is 9.85. The van der Waals surface area contributed by atoms with Crippen molar-refractivity contribution in [3.05, 3.63) is 89.5 Å². The van der Waals surface area contributed by atoms with Gasteiger partial charge in [-0.2, -0.15) is 0 Å². The lowest BCUT2D eigenvalue weighted by Crippen LogP contribution is -2.25. The number of Topliss-reactive ketones (excluding diaryl/α,β-unsaturated/α-hetero) is 2. The smallest absolute Gasteiger partial charge is 0.343 e. The molecule has 0 aromatic heterocycles. The molecule has 212 valence electrons. The SMILES string of the molecule is CCCCC(CC)CN(C)c1ccc(C(=O)Oc2cc(OCCO)ccc2C(=O)CC(=O)c2ccccc2)cc1. The van der Waals surface area contributed by atoms with E-state index in [0.717, 1.165) is 18.7 Å². The predicted octanol–water partition coefficient (Wildman–Crippen LogP) is 6.39. The summed E-state index contributed by atoms with van der Waals surface area (Å²) in [7, 11) is 2.05. The second kappa shape index (κ2) is 15.6. The zero-order chi connectivity index (χ0) is 28.9. The van der Waals surface area contributed by atoms with Crippen LogP contribution in [0.15, 0.2) is 72.8 Å². The first kappa shape index (κ1) is 30.6. The average molecular weight is 546 g/mol. The molecule has 0 aliphatic carbocycles. The van der Waals surface area contributed by atoms with Gasteiger partial charge in [-0.15, -0.1) is 0 Å². The van der Waals surface area contributed by atoms with Crippen molar-refractivity contribution in [3.8, 4) is 11.5 Å². The van der Waals surface area contributed by atoms with Crippen LogP contribution in [0, 0.1) is 5.92 Å². The van der Waals surface area contributed by atoms with Crippen LogP contribution in [0.1, 0.15) is 77.0 Å². The van der Waals surface area contributed by atoms with Crippen LogP contribution in [-0.2, 0) is 0 Å². The number of ketones is 2. The number of hydrogen-bond acceptors (Lipinski definition) is 7. The summed E-state index contributed by atoms with van der Waals surface area (Å²) in [5.41, 5.74) is 1.86. The first-order valence-electron chi connectivity index (χ1n) is 13.9. The fourth-order valence-corrected chi connectivity index (χ4v) is 4.46. The maximum atomic E-state index is 13.1. The number of carbonyl (C=O) groups is 3. The van der Waals surface area contributed by atoms with Crippen molar-refractivity contribution in [1.82, 2.24) is 0 Å². The Bertz CT molecular complexity index is 1260. The summed E-state index contributed by atoms with van der Waals surface area (Å²) < 4.78 is 11.1. The Labute approximate surface area is 236 Å². The van der Waals surface area contributed by atoms with Crippen molar-refractivity contribution in [2.24, 2.45) is 5.92 Å². The summed E-state index contributed by atoms with van der Waals surface area (Å²) in [5, 5.41) is 9.10. The maximum absolute atomic E-state index is 13.1. The van der Waals surface area contributed by atoms with Gasteiger partial charge in [0.05, 0.1) is 24.2 Å². The van der Waals surface area contributed by atoms with Crippen LogP contribution >= 0.6 is 0 Å². The summed E-state index contributed by atoms with van der Waals surface area (Å²) in [6, 6.07) is 20.2. The number of benzene rings is 3. The monoisotopic (exact) mass is 545 g/mol. The van der Waals surface area contributed by atoms with Crippen LogP contribution in [0.4, 0.5) is 5.69 Å². The number of hydrogen-bond donors (Lipinski definition) is 1. The maximum Gasteiger partial charge on any atom is 0.343 e. The van der Waals surface area contributed by atoms with E-state index in [1.165, 1.54) is 31.4 Å². The van der Waals surface area contributed by atoms with Gasteiger partial charge >= 0.3 is 5.97 Å². The van der Waals surface area contributed by atoms with Gasteiger partial charge < -0.3 is 19.5 Å². The molecular weight excluding hydrogens is 506 g/mol. The lowest BCUT2D eigenvalue weighted by molar-refractivity contribution is 0.0732. The average Bonchev–Trinajstić information content (AvgIpc) is 2.98. The molecule has 0 heterocycles. The molecule has 0 bridgehead atoms. The highest BCUT2D eigenvalue weighted by Crippen LogP contribution is 2.28. The normalized spacial score (nSPS) is 11.5. The van der Waals surface area contributed by atoms with E-state index in [-0.39, 0.29) is 36.7 Å². The molecule has 40 heavy (non-hydrogen) atoms. The van der Waals surface area contributed by atoms with E-state index in [4.69, 9.17) is 14.6 Å². The number of unbranched alkanes of at least 4 members (excludes halogenated alkanes) is 1. The molecule has 1 N–H and O–H groups in total. The van der Waals surface area contributed by atoms with E-state index in [9.17, 15) is 14.4 Å². The summed E-state index contributed by atoms with van der Waals surface area (Å²) in [6.45, 7) is 5.21. The summed E-state index contributed by atoms with van der Waals surface area (Å²) >= 11 is 0. The molecule has 1 atom stereocenters. The molecule has 3 aromatic carbocycles. The van der Waals surface area contributed by atoms with Gasteiger partial charge in [0.15, 0.2) is 11.6 Å². The van der Waals surface area contributed by atoms with Gasteiger partial charge in [-0.1, -0.05) is 63.4 Å². The molecule has 0 amide bonds. The molecule has 0 aliphatic rings. The molecular formula is C33H39NO6. The van der Waals surface area contributed by atoms with Crippen molar-refractivity contribution < 1.29 is 29.0 Å². The number of nitrogens with zero attached hydrogens (tertiary/aromatic N) is 1. The number of esters is 1. The van der Waals surface area contributed by atoms with E-state index >= 15 is 0 Å². The fraction of sp³-hybridized carbons (Fsp3) is 0.364. The van der Waals surface area contributed by atoms with Crippen molar-refractivity contribution in [2.45, 2.75) is 46.0 Å². The zero-order valence-corrected chi connectivity index (χ0v) is 23.6. The lowest BCUT2D eigenvalue weighted by Gasteiger charge is -2.25. The van der Waals surface area contributed by atoms with Gasteiger partial charge in [0.2, 0.25) is 0 Å². The Kier molecular flexibility index (Phi) is 11.9. The van der Waals surface area contributed by atoms with Gasteiger partial charge in [-0.05, 0) is 48.7 Å². The number of ether oxygens (including phenoxy) is 2. The van der Waals surface area contributed by atoms with Gasteiger partial charge in [0.25, 0.3) is 0 Å². The van der Waals surface area contributed by atoms with E-state index in [1.54, 1.807) is 48.5 Å². The van der Waals surface area contributed by atoms with E-state index < -0.39 is 11.8 Å². The highest BCUT2D eigenvalue weighted by molar-refractivity contribution is 6.14. The minimum Gasteiger partial charge on any atom is -0.491 e. The molecule has 3 rings (SSSR count). The molecule has 0 spiro atoms. The zero-order valence-electron chi connectivity index (χ0n) is 23.6. The Balaban J connectivity index is 1.76. The number of carbonyl (C=O) groups excluding carboxylic acids is 3. The molecule has 7 nitrogen and oxygen atoms in total. The third kappa shape index (κ3) is 8.78. The standard InChI is InChI=1S/C33H39NO6/c1-4-6-10-24(5-2)23-34(3)27-15-13-26(14-16-27)33(38)40-32-21-28(39-20-19-35)17-18-29(32)31(37)22-30(36)25-11-8-7-9-12-25/h7-9,11-18,21,24,35H,4-6,10,19-20,22-23H2,1-3H3. The summed E-state index contributed by atoms with van der Waals surface area (Å²) in [5.74, 6) is -0.507. The van der Waals surface area contributed by atoms with Crippen LogP contribution in [0.2, 0.25) is 0 Å². The molecule has 3 aromatic rings. The summed E-state index contributed by atoms with van der Waals surface area (Å²) in [6.07, 6.45) is 4.34. The third-order valence-electron chi connectivity index (χ3n) is 6.85. The lowest BCUT2D eigenvalue weighted by atomic mass is 9.98. The molecule has 0 radical (unpaired) electrons. The van der Waals surface area contributed by atoms with Gasteiger partial charge in [-0.25, -0.2) is 4.79 Å². The summed E-state index contributed by atoms with van der Waals surface area (Å²) in [4.78, 5) is 41.0. The molecule has 0 aliphatic heterocycles. The molecule has 1 unspecified atom stereocenters. The predicted molar refractivity (Wildman–Crippen MR) is 157 cm³/mol. The minimum absolute atomic E-state index is 0.00536. The first-order chi connectivity index (χ1) is 19.4. The molecule has 0 saturated carbocycles. The highest BCUT2D eigenvalue weighted by atomic mass is 16.5. The third-order valence-corrected chi connectivity index (χ3v) is 6.85. The Hall–Kier alpha value is -3.97. The minimum atomic E-state index is -0.633. The quantitative estimate of drug-likeness (QED) is 0.0965. The van der Waals surface area contributed by atoms with Crippen LogP contribution < -0.4 is 14.4 Å². The fourth-order valence-electron chi connectivity index (χ4n) is 4.46. The molecule has 0 saturated heterocycles. The van der Waals surface area contributed by atoms with E-state index in [2.05, 4.69) is 25.8 Å². The molecule has 0 fully saturated rings. The van der Waals surface area contributed by atoms with Crippen molar-refractivity contribution >= 4 is 23.2 Å². The van der Waals surface area contributed by atoms with E-state index in [1.807, 2.05) is 12.1 Å². The van der Waals surface area contributed by atoms with Crippen molar-refractivity contribution in [3.63, 3.8) is 0 Å².